The first-order valence-electron chi connectivity index (χ1n) is 7.48. The molecular weight excluding hydrogens is 422 g/mol. The number of hydrogen-bond donors (Lipinski definition) is 2. The van der Waals surface area contributed by atoms with Gasteiger partial charge in [-0.15, -0.1) is 5.10 Å². The standard InChI is InChI=1S/C17H11BrClN5O2/c18-10-2-1-3-11(8-10)21-17(25)9-6-14(20)24-15(7-9)22-16(23-24)12-4-5-13(19)26-12/h1-8H,20H2,(H,21,25). The molecule has 3 aromatic heterocycles. The van der Waals surface area contributed by atoms with Crippen molar-refractivity contribution in [2.24, 2.45) is 0 Å². The molecule has 0 aliphatic carbocycles. The highest BCUT2D eigenvalue weighted by molar-refractivity contribution is 9.10. The molecule has 26 heavy (non-hydrogen) atoms. The molecule has 130 valence electrons. The fourth-order valence-corrected chi connectivity index (χ4v) is 2.99. The molecule has 0 saturated carbocycles. The minimum atomic E-state index is -0.303. The molecule has 0 fully saturated rings. The Morgan fingerprint density at radius 2 is 2.08 bits per heavy atom. The molecule has 3 heterocycles. The van der Waals surface area contributed by atoms with Crippen LogP contribution >= 0.6 is 27.5 Å². The van der Waals surface area contributed by atoms with E-state index in [1.807, 2.05) is 12.1 Å². The third-order valence-corrected chi connectivity index (χ3v) is 4.30. The van der Waals surface area contributed by atoms with Crippen molar-refractivity contribution in [3.05, 3.63) is 63.8 Å². The number of benzene rings is 1. The van der Waals surface area contributed by atoms with Crippen LogP contribution in [0.25, 0.3) is 17.2 Å². The zero-order valence-corrected chi connectivity index (χ0v) is 15.5. The number of fused-ring (bicyclic) bond motifs is 1. The minimum absolute atomic E-state index is 0.237. The van der Waals surface area contributed by atoms with E-state index in [4.69, 9.17) is 21.8 Å². The second kappa shape index (κ2) is 6.47. The smallest absolute Gasteiger partial charge is 0.255 e. The predicted octanol–water partition coefficient (Wildman–Crippen LogP) is 4.24. The monoisotopic (exact) mass is 431 g/mol. The lowest BCUT2D eigenvalue weighted by Gasteiger charge is -2.07. The number of furan rings is 1. The molecule has 0 aliphatic heterocycles. The van der Waals surface area contributed by atoms with Crippen LogP contribution in [0.2, 0.25) is 5.22 Å². The van der Waals surface area contributed by atoms with E-state index in [0.29, 0.717) is 28.5 Å². The fraction of sp³-hybridized carbons (Fsp3) is 0. The molecular formula is C17H11BrClN5O2. The number of halogens is 2. The summed E-state index contributed by atoms with van der Waals surface area (Å²) in [6.07, 6.45) is 0. The molecule has 0 bridgehead atoms. The summed E-state index contributed by atoms with van der Waals surface area (Å²) >= 11 is 9.15. The Kier molecular flexibility index (Phi) is 4.14. The SMILES string of the molecule is Nc1cc(C(=O)Nc2cccc(Br)c2)cc2nc(-c3ccc(Cl)o3)nn12. The summed E-state index contributed by atoms with van der Waals surface area (Å²) in [5, 5.41) is 7.33. The van der Waals surface area contributed by atoms with Crippen LogP contribution in [0.1, 0.15) is 10.4 Å². The van der Waals surface area contributed by atoms with Gasteiger partial charge < -0.3 is 15.5 Å². The quantitative estimate of drug-likeness (QED) is 0.504. The van der Waals surface area contributed by atoms with Crippen molar-refractivity contribution >= 4 is 50.6 Å². The minimum Gasteiger partial charge on any atom is -0.441 e. The van der Waals surface area contributed by atoms with Crippen LogP contribution < -0.4 is 11.1 Å². The van der Waals surface area contributed by atoms with E-state index in [1.54, 1.807) is 30.3 Å². The lowest BCUT2D eigenvalue weighted by molar-refractivity contribution is 0.102. The van der Waals surface area contributed by atoms with E-state index in [0.717, 1.165) is 4.47 Å². The van der Waals surface area contributed by atoms with Crippen molar-refractivity contribution in [3.8, 4) is 11.6 Å². The van der Waals surface area contributed by atoms with Crippen molar-refractivity contribution in [1.82, 2.24) is 14.6 Å². The summed E-state index contributed by atoms with van der Waals surface area (Å²) in [5.41, 5.74) is 7.48. The van der Waals surface area contributed by atoms with E-state index in [2.05, 4.69) is 31.3 Å². The van der Waals surface area contributed by atoms with E-state index < -0.39 is 0 Å². The lowest BCUT2D eigenvalue weighted by Crippen LogP contribution is -2.13. The van der Waals surface area contributed by atoms with Gasteiger partial charge in [-0.05, 0) is 54.1 Å². The molecule has 9 heteroatoms. The third kappa shape index (κ3) is 3.16. The lowest BCUT2D eigenvalue weighted by atomic mass is 10.2. The van der Waals surface area contributed by atoms with Gasteiger partial charge in [0.25, 0.3) is 5.91 Å². The van der Waals surface area contributed by atoms with Gasteiger partial charge >= 0.3 is 0 Å². The maximum Gasteiger partial charge on any atom is 0.255 e. The summed E-state index contributed by atoms with van der Waals surface area (Å²) in [6, 6.07) is 13.7. The molecule has 4 rings (SSSR count). The van der Waals surface area contributed by atoms with Crippen LogP contribution in [-0.4, -0.2) is 20.5 Å². The number of nitrogens with one attached hydrogen (secondary N) is 1. The molecule has 4 aromatic rings. The van der Waals surface area contributed by atoms with Gasteiger partial charge in [0.05, 0.1) is 0 Å². The van der Waals surface area contributed by atoms with Gasteiger partial charge in [-0.1, -0.05) is 22.0 Å². The number of nitrogens with two attached hydrogens (primary N) is 1. The molecule has 0 atom stereocenters. The third-order valence-electron chi connectivity index (χ3n) is 3.60. The van der Waals surface area contributed by atoms with E-state index in [1.165, 1.54) is 10.6 Å². The summed E-state index contributed by atoms with van der Waals surface area (Å²) < 4.78 is 7.61. The van der Waals surface area contributed by atoms with Crippen LogP contribution in [0.15, 0.2) is 57.4 Å². The molecule has 0 spiro atoms. The van der Waals surface area contributed by atoms with Crippen LogP contribution in [0, 0.1) is 0 Å². The van der Waals surface area contributed by atoms with E-state index in [-0.39, 0.29) is 16.9 Å². The average Bonchev–Trinajstić information content (AvgIpc) is 3.21. The Balaban J connectivity index is 1.69. The zero-order chi connectivity index (χ0) is 18.3. The van der Waals surface area contributed by atoms with Crippen LogP contribution in [-0.2, 0) is 0 Å². The first-order valence-corrected chi connectivity index (χ1v) is 8.65. The first-order chi connectivity index (χ1) is 12.5. The van der Waals surface area contributed by atoms with Crippen molar-refractivity contribution in [1.29, 1.82) is 0 Å². The van der Waals surface area contributed by atoms with Crippen LogP contribution in [0.4, 0.5) is 11.5 Å². The van der Waals surface area contributed by atoms with Gasteiger partial charge in [0, 0.05) is 15.7 Å². The predicted molar refractivity (Wildman–Crippen MR) is 102 cm³/mol. The largest absolute Gasteiger partial charge is 0.441 e. The second-order valence-electron chi connectivity index (χ2n) is 5.44. The molecule has 3 N–H and O–H groups in total. The summed E-state index contributed by atoms with van der Waals surface area (Å²) in [7, 11) is 0. The fourth-order valence-electron chi connectivity index (χ4n) is 2.45. The number of rotatable bonds is 3. The number of carbonyl (C=O) groups excluding carboxylic acids is 1. The highest BCUT2D eigenvalue weighted by Crippen LogP contribution is 2.24. The van der Waals surface area contributed by atoms with E-state index >= 15 is 0 Å². The number of nitrogen functional groups attached to an aromatic ring is 1. The zero-order valence-electron chi connectivity index (χ0n) is 13.1. The Hall–Kier alpha value is -2.84. The summed E-state index contributed by atoms with van der Waals surface area (Å²) in [4.78, 5) is 16.9. The van der Waals surface area contributed by atoms with Gasteiger partial charge in [0.1, 0.15) is 5.82 Å². The molecule has 0 aliphatic rings. The van der Waals surface area contributed by atoms with Gasteiger partial charge in [0.15, 0.2) is 16.6 Å². The topological polar surface area (TPSA) is 98.5 Å². The molecule has 0 radical (unpaired) electrons. The maximum absolute atomic E-state index is 12.5. The summed E-state index contributed by atoms with van der Waals surface area (Å²) in [6.45, 7) is 0. The number of hydrogen-bond acceptors (Lipinski definition) is 5. The molecule has 7 nitrogen and oxygen atoms in total. The number of anilines is 2. The Morgan fingerprint density at radius 3 is 2.81 bits per heavy atom. The second-order valence-corrected chi connectivity index (χ2v) is 6.73. The van der Waals surface area contributed by atoms with Gasteiger partial charge in [0.2, 0.25) is 5.82 Å². The Labute approximate surface area is 160 Å². The normalized spacial score (nSPS) is 11.0. The Bertz CT molecular complexity index is 1140. The molecule has 1 aromatic carbocycles. The number of pyridine rings is 1. The highest BCUT2D eigenvalue weighted by Gasteiger charge is 2.15. The van der Waals surface area contributed by atoms with Crippen LogP contribution in [0.3, 0.4) is 0 Å². The average molecular weight is 433 g/mol. The first kappa shape index (κ1) is 16.6. The number of aromatic nitrogens is 3. The molecule has 0 unspecified atom stereocenters. The van der Waals surface area contributed by atoms with Gasteiger partial charge in [-0.25, -0.2) is 4.98 Å². The van der Waals surface area contributed by atoms with Gasteiger partial charge in [-0.3, -0.25) is 4.79 Å². The number of amides is 1. The van der Waals surface area contributed by atoms with Gasteiger partial charge in [-0.2, -0.15) is 4.52 Å². The van der Waals surface area contributed by atoms with Crippen LogP contribution in [0.5, 0.6) is 0 Å². The maximum atomic E-state index is 12.5. The van der Waals surface area contributed by atoms with Crippen molar-refractivity contribution in [2.45, 2.75) is 0 Å². The van der Waals surface area contributed by atoms with Crippen molar-refractivity contribution in [3.63, 3.8) is 0 Å². The number of carbonyl (C=O) groups is 1. The molecule has 1 amide bonds. The molecule has 0 saturated heterocycles. The van der Waals surface area contributed by atoms with Crippen molar-refractivity contribution < 1.29 is 9.21 Å². The highest BCUT2D eigenvalue weighted by atomic mass is 79.9. The van der Waals surface area contributed by atoms with E-state index in [9.17, 15) is 4.79 Å². The number of nitrogens with zero attached hydrogens (tertiary/aromatic N) is 3. The summed E-state index contributed by atoms with van der Waals surface area (Å²) in [5.74, 6) is 0.715. The van der Waals surface area contributed by atoms with Crippen molar-refractivity contribution in [2.75, 3.05) is 11.1 Å². The Morgan fingerprint density at radius 1 is 1.23 bits per heavy atom.